The fourth-order valence-corrected chi connectivity index (χ4v) is 1.83. The van der Waals surface area contributed by atoms with Gasteiger partial charge in [-0.3, -0.25) is 0 Å². The van der Waals surface area contributed by atoms with Crippen molar-refractivity contribution in [1.82, 2.24) is 5.32 Å². The van der Waals surface area contributed by atoms with E-state index in [1.807, 2.05) is 13.8 Å². The van der Waals surface area contributed by atoms with E-state index in [0.717, 1.165) is 13.0 Å². The van der Waals surface area contributed by atoms with Crippen LogP contribution in [0.5, 0.6) is 0 Å². The van der Waals surface area contributed by atoms with Crippen LogP contribution in [0.1, 0.15) is 41.0 Å². The Kier molecular flexibility index (Phi) is 6.62. The van der Waals surface area contributed by atoms with E-state index in [2.05, 4.69) is 26.1 Å². The summed E-state index contributed by atoms with van der Waals surface area (Å²) in [5.74, 6) is 0.341. The van der Waals surface area contributed by atoms with Crippen molar-refractivity contribution in [3.63, 3.8) is 0 Å². The van der Waals surface area contributed by atoms with Crippen LogP contribution in [0.25, 0.3) is 0 Å². The van der Waals surface area contributed by atoms with Gasteiger partial charge in [0.1, 0.15) is 0 Å². The molecular formula is C13H30N2O2. The molecule has 0 rings (SSSR count). The summed E-state index contributed by atoms with van der Waals surface area (Å²) < 4.78 is 0. The molecule has 0 spiro atoms. The zero-order chi connectivity index (χ0) is 13.7. The van der Waals surface area contributed by atoms with Crippen molar-refractivity contribution in [1.29, 1.82) is 0 Å². The Morgan fingerprint density at radius 3 is 2.00 bits per heavy atom. The average Bonchev–Trinajstić information content (AvgIpc) is 2.12. The van der Waals surface area contributed by atoms with Crippen molar-refractivity contribution in [2.75, 3.05) is 19.7 Å². The van der Waals surface area contributed by atoms with Crippen molar-refractivity contribution >= 4 is 0 Å². The molecule has 0 amide bonds. The lowest BCUT2D eigenvalue weighted by Crippen LogP contribution is -2.48. The molecule has 0 heterocycles. The third-order valence-corrected chi connectivity index (χ3v) is 2.89. The van der Waals surface area contributed by atoms with Crippen LogP contribution in [-0.4, -0.2) is 41.6 Å². The second kappa shape index (κ2) is 6.69. The summed E-state index contributed by atoms with van der Waals surface area (Å²) in [5.41, 5.74) is 6.17. The minimum atomic E-state index is -0.689. The molecule has 4 heteroatoms. The van der Waals surface area contributed by atoms with Gasteiger partial charge >= 0.3 is 0 Å². The van der Waals surface area contributed by atoms with Gasteiger partial charge < -0.3 is 21.3 Å². The Balaban J connectivity index is 4.23. The number of hydrogen-bond acceptors (Lipinski definition) is 4. The lowest BCUT2D eigenvalue weighted by atomic mass is 9.76. The van der Waals surface area contributed by atoms with Gasteiger partial charge in [-0.15, -0.1) is 0 Å². The molecule has 0 aliphatic carbocycles. The number of rotatable bonds is 7. The molecule has 0 aromatic carbocycles. The maximum absolute atomic E-state index is 9.26. The van der Waals surface area contributed by atoms with Crippen molar-refractivity contribution in [2.45, 2.75) is 52.7 Å². The molecule has 2 unspecified atom stereocenters. The van der Waals surface area contributed by atoms with E-state index in [1.165, 1.54) is 0 Å². The number of nitrogens with two attached hydrogens (primary N) is 1. The van der Waals surface area contributed by atoms with Gasteiger partial charge in [0, 0.05) is 12.1 Å². The standard InChI is InChI=1S/C13H30N2O2/c1-12(2,3)6-10(13(4,5)14)7-15-8-11(17)9-16/h10-11,15-17H,6-9,14H2,1-5H3. The van der Waals surface area contributed by atoms with Crippen LogP contribution in [0.4, 0.5) is 0 Å². The highest BCUT2D eigenvalue weighted by molar-refractivity contribution is 4.87. The SMILES string of the molecule is CC(C)(C)CC(CNCC(O)CO)C(C)(C)N. The largest absolute Gasteiger partial charge is 0.394 e. The summed E-state index contributed by atoms with van der Waals surface area (Å²) >= 11 is 0. The first kappa shape index (κ1) is 16.8. The molecule has 0 fully saturated rings. The summed E-state index contributed by atoms with van der Waals surface area (Å²) in [5, 5.41) is 21.2. The molecule has 0 saturated heterocycles. The van der Waals surface area contributed by atoms with E-state index >= 15 is 0 Å². The Morgan fingerprint density at radius 1 is 1.12 bits per heavy atom. The van der Waals surface area contributed by atoms with Gasteiger partial charge in [0.15, 0.2) is 0 Å². The molecule has 0 aromatic heterocycles. The highest BCUT2D eigenvalue weighted by Crippen LogP contribution is 2.29. The van der Waals surface area contributed by atoms with Crippen LogP contribution in [0.2, 0.25) is 0 Å². The maximum Gasteiger partial charge on any atom is 0.0894 e. The van der Waals surface area contributed by atoms with Crippen LogP contribution in [0, 0.1) is 11.3 Å². The number of nitrogens with one attached hydrogen (secondary N) is 1. The summed E-state index contributed by atoms with van der Waals surface area (Å²) in [6.07, 6.45) is 0.338. The minimum Gasteiger partial charge on any atom is -0.394 e. The Labute approximate surface area is 106 Å². The Morgan fingerprint density at radius 2 is 1.65 bits per heavy atom. The van der Waals surface area contributed by atoms with Gasteiger partial charge in [-0.25, -0.2) is 0 Å². The molecule has 0 aromatic rings. The highest BCUT2D eigenvalue weighted by Gasteiger charge is 2.29. The zero-order valence-electron chi connectivity index (χ0n) is 12.0. The van der Waals surface area contributed by atoms with Crippen molar-refractivity contribution in [3.05, 3.63) is 0 Å². The molecule has 17 heavy (non-hydrogen) atoms. The van der Waals surface area contributed by atoms with E-state index in [-0.39, 0.29) is 17.6 Å². The predicted octanol–water partition coefficient (Wildman–Crippen LogP) is 0.719. The van der Waals surface area contributed by atoms with E-state index in [9.17, 15) is 5.11 Å². The Hall–Kier alpha value is -0.160. The van der Waals surface area contributed by atoms with E-state index < -0.39 is 6.10 Å². The van der Waals surface area contributed by atoms with Gasteiger partial charge in [0.2, 0.25) is 0 Å². The lowest BCUT2D eigenvalue weighted by Gasteiger charge is -2.35. The fourth-order valence-electron chi connectivity index (χ4n) is 1.83. The maximum atomic E-state index is 9.26. The van der Waals surface area contributed by atoms with Gasteiger partial charge in [-0.1, -0.05) is 20.8 Å². The summed E-state index contributed by atoms with van der Waals surface area (Å²) in [6.45, 7) is 11.6. The molecule has 0 radical (unpaired) electrons. The molecule has 2 atom stereocenters. The lowest BCUT2D eigenvalue weighted by molar-refractivity contribution is 0.0912. The van der Waals surface area contributed by atoms with Crippen LogP contribution < -0.4 is 11.1 Å². The monoisotopic (exact) mass is 246 g/mol. The van der Waals surface area contributed by atoms with E-state index in [0.29, 0.717) is 12.5 Å². The highest BCUT2D eigenvalue weighted by atomic mass is 16.3. The second-order valence-electron chi connectivity index (χ2n) is 6.78. The van der Waals surface area contributed by atoms with Gasteiger partial charge in [-0.05, 0) is 38.1 Å². The normalized spacial score (nSPS) is 16.9. The van der Waals surface area contributed by atoms with Crippen molar-refractivity contribution < 1.29 is 10.2 Å². The summed E-state index contributed by atoms with van der Waals surface area (Å²) in [6, 6.07) is 0. The predicted molar refractivity (Wildman–Crippen MR) is 71.8 cm³/mol. The van der Waals surface area contributed by atoms with Crippen LogP contribution >= 0.6 is 0 Å². The second-order valence-corrected chi connectivity index (χ2v) is 6.78. The molecular weight excluding hydrogens is 216 g/mol. The molecule has 104 valence electrons. The topological polar surface area (TPSA) is 78.5 Å². The average molecular weight is 246 g/mol. The number of aliphatic hydroxyl groups excluding tert-OH is 2. The smallest absolute Gasteiger partial charge is 0.0894 e. The van der Waals surface area contributed by atoms with Crippen molar-refractivity contribution in [2.24, 2.45) is 17.1 Å². The van der Waals surface area contributed by atoms with Crippen LogP contribution in [0.15, 0.2) is 0 Å². The third-order valence-electron chi connectivity index (χ3n) is 2.89. The van der Waals surface area contributed by atoms with Gasteiger partial charge in [0.25, 0.3) is 0 Å². The van der Waals surface area contributed by atoms with Crippen LogP contribution in [0.3, 0.4) is 0 Å². The van der Waals surface area contributed by atoms with Crippen molar-refractivity contribution in [3.8, 4) is 0 Å². The number of hydrogen-bond donors (Lipinski definition) is 4. The van der Waals surface area contributed by atoms with Gasteiger partial charge in [0.05, 0.1) is 12.7 Å². The summed E-state index contributed by atoms with van der Waals surface area (Å²) in [7, 11) is 0. The number of aliphatic hydroxyl groups is 2. The Bertz CT molecular complexity index is 206. The molecule has 0 saturated carbocycles. The first-order valence-corrected chi connectivity index (χ1v) is 6.35. The fraction of sp³-hybridized carbons (Fsp3) is 1.00. The molecule has 0 aliphatic rings. The van der Waals surface area contributed by atoms with E-state index in [1.54, 1.807) is 0 Å². The first-order chi connectivity index (χ1) is 7.56. The van der Waals surface area contributed by atoms with E-state index in [4.69, 9.17) is 10.8 Å². The third kappa shape index (κ3) is 8.55. The molecule has 5 N–H and O–H groups in total. The zero-order valence-corrected chi connectivity index (χ0v) is 12.0. The van der Waals surface area contributed by atoms with Crippen LogP contribution in [-0.2, 0) is 0 Å². The quantitative estimate of drug-likeness (QED) is 0.534. The molecule has 0 aliphatic heterocycles. The van der Waals surface area contributed by atoms with Gasteiger partial charge in [-0.2, -0.15) is 0 Å². The minimum absolute atomic E-state index is 0.205. The first-order valence-electron chi connectivity index (χ1n) is 6.35. The summed E-state index contributed by atoms with van der Waals surface area (Å²) in [4.78, 5) is 0. The molecule has 0 bridgehead atoms. The molecule has 4 nitrogen and oxygen atoms in total.